The van der Waals surface area contributed by atoms with Gasteiger partial charge < -0.3 is 5.11 Å². The van der Waals surface area contributed by atoms with Crippen LogP contribution in [-0.4, -0.2) is 5.11 Å². The lowest BCUT2D eigenvalue weighted by atomic mass is 10.0. The van der Waals surface area contributed by atoms with E-state index in [2.05, 4.69) is 15.9 Å². The fraction of sp³-hybridized carbons (Fsp3) is 0.167. The molecule has 2 rings (SSSR count). The van der Waals surface area contributed by atoms with E-state index in [0.29, 0.717) is 4.34 Å². The summed E-state index contributed by atoms with van der Waals surface area (Å²) in [5, 5.41) is 10.1. The van der Waals surface area contributed by atoms with Crippen molar-refractivity contribution in [3.05, 3.63) is 54.1 Å². The van der Waals surface area contributed by atoms with Crippen molar-refractivity contribution in [3.63, 3.8) is 0 Å². The summed E-state index contributed by atoms with van der Waals surface area (Å²) in [6.45, 7) is 0. The molecule has 108 valence electrons. The van der Waals surface area contributed by atoms with E-state index in [-0.39, 0.29) is 19.9 Å². The molecule has 8 heteroatoms. The monoisotopic (exact) mass is 404 g/mol. The quantitative estimate of drug-likeness (QED) is 0.657. The molecule has 0 aliphatic heterocycles. The Morgan fingerprint density at radius 2 is 1.85 bits per heavy atom. The molecule has 1 nitrogen and oxygen atoms in total. The van der Waals surface area contributed by atoms with Crippen molar-refractivity contribution in [2.45, 2.75) is 12.3 Å². The Hall–Kier alpha value is -0.270. The van der Waals surface area contributed by atoms with Crippen molar-refractivity contribution in [2.24, 2.45) is 0 Å². The van der Waals surface area contributed by atoms with Crippen LogP contribution in [0.15, 0.2) is 28.7 Å². The summed E-state index contributed by atoms with van der Waals surface area (Å²) in [6, 6.07) is 4.96. The second-order valence-electron chi connectivity index (χ2n) is 3.92. The molecule has 1 unspecified atom stereocenters. The molecule has 0 radical (unpaired) electrons. The van der Waals surface area contributed by atoms with Crippen molar-refractivity contribution in [2.75, 3.05) is 0 Å². The lowest BCUT2D eigenvalue weighted by molar-refractivity contribution is -0.138. The summed E-state index contributed by atoms with van der Waals surface area (Å²) >= 11 is 15.5. The molecule has 0 spiro atoms. The minimum absolute atomic E-state index is 0.0876. The molecule has 1 aromatic carbocycles. The van der Waals surface area contributed by atoms with Crippen LogP contribution >= 0.6 is 50.5 Å². The van der Waals surface area contributed by atoms with Gasteiger partial charge in [0.25, 0.3) is 0 Å². The molecule has 2 aromatic rings. The minimum Gasteiger partial charge on any atom is -0.384 e. The SMILES string of the molecule is OC(c1ccc(Br)c(C(F)(F)F)c1)c1cc(Cl)sc1Cl. The topological polar surface area (TPSA) is 20.2 Å². The zero-order chi connectivity index (χ0) is 15.1. The number of alkyl halides is 3. The van der Waals surface area contributed by atoms with Crippen LogP contribution in [0.1, 0.15) is 22.8 Å². The smallest absolute Gasteiger partial charge is 0.384 e. The summed E-state index contributed by atoms with van der Waals surface area (Å²) < 4.78 is 39.0. The molecule has 0 aliphatic rings. The van der Waals surface area contributed by atoms with Gasteiger partial charge in [0.1, 0.15) is 10.4 Å². The second-order valence-corrected chi connectivity index (χ2v) is 7.06. The van der Waals surface area contributed by atoms with Crippen molar-refractivity contribution in [3.8, 4) is 0 Å². The summed E-state index contributed by atoms with van der Waals surface area (Å²) in [4.78, 5) is 0. The Labute approximate surface area is 135 Å². The molecule has 0 aliphatic carbocycles. The first kappa shape index (κ1) is 16.1. The Morgan fingerprint density at radius 3 is 2.35 bits per heavy atom. The predicted octanol–water partition coefficient (Wildman–Crippen LogP) is 5.92. The highest BCUT2D eigenvalue weighted by Crippen LogP contribution is 2.40. The number of rotatable bonds is 2. The lowest BCUT2D eigenvalue weighted by Gasteiger charge is -2.14. The summed E-state index contributed by atoms with van der Waals surface area (Å²) in [7, 11) is 0. The molecular formula is C12H6BrCl2F3OS. The molecule has 0 amide bonds. The van der Waals surface area contributed by atoms with Gasteiger partial charge in [0.05, 0.1) is 9.90 Å². The van der Waals surface area contributed by atoms with Gasteiger partial charge in [-0.2, -0.15) is 13.2 Å². The summed E-state index contributed by atoms with van der Waals surface area (Å²) in [6.07, 6.45) is -5.77. The van der Waals surface area contributed by atoms with E-state index in [4.69, 9.17) is 23.2 Å². The molecule has 0 saturated carbocycles. The number of aliphatic hydroxyl groups is 1. The maximum Gasteiger partial charge on any atom is 0.417 e. The fourth-order valence-corrected chi connectivity index (χ4v) is 3.64. The first-order valence-corrected chi connectivity index (χ1v) is 7.56. The highest BCUT2D eigenvalue weighted by Gasteiger charge is 2.33. The highest BCUT2D eigenvalue weighted by atomic mass is 79.9. The highest BCUT2D eigenvalue weighted by molar-refractivity contribution is 9.10. The third kappa shape index (κ3) is 3.31. The van der Waals surface area contributed by atoms with Crippen LogP contribution in [0.4, 0.5) is 13.2 Å². The molecule has 0 fully saturated rings. The van der Waals surface area contributed by atoms with Gasteiger partial charge in [-0.1, -0.05) is 45.2 Å². The van der Waals surface area contributed by atoms with Crippen LogP contribution in [-0.2, 0) is 6.18 Å². The second kappa shape index (κ2) is 5.85. The number of thiophene rings is 1. The van der Waals surface area contributed by atoms with Gasteiger partial charge in [-0.15, -0.1) is 11.3 Å². The molecule has 1 heterocycles. The van der Waals surface area contributed by atoms with Crippen LogP contribution in [0.5, 0.6) is 0 Å². The van der Waals surface area contributed by atoms with Crippen LogP contribution in [0.25, 0.3) is 0 Å². The van der Waals surface area contributed by atoms with Crippen molar-refractivity contribution < 1.29 is 18.3 Å². The van der Waals surface area contributed by atoms with Gasteiger partial charge in [0, 0.05) is 10.0 Å². The number of halogens is 6. The van der Waals surface area contributed by atoms with Crippen LogP contribution < -0.4 is 0 Å². The van der Waals surface area contributed by atoms with Crippen molar-refractivity contribution in [1.82, 2.24) is 0 Å². The largest absolute Gasteiger partial charge is 0.417 e. The van der Waals surface area contributed by atoms with Gasteiger partial charge in [0.15, 0.2) is 0 Å². The summed E-state index contributed by atoms with van der Waals surface area (Å²) in [5.74, 6) is 0. The first-order chi connectivity index (χ1) is 9.20. The van der Waals surface area contributed by atoms with E-state index in [1.807, 2.05) is 0 Å². The van der Waals surface area contributed by atoms with Gasteiger partial charge >= 0.3 is 6.18 Å². The molecule has 0 saturated heterocycles. The Kier molecular flexibility index (Phi) is 4.71. The number of hydrogen-bond donors (Lipinski definition) is 1. The standard InChI is InChI=1S/C12H6BrCl2F3OS/c13-8-2-1-5(3-7(8)12(16,17)18)10(19)6-4-9(14)20-11(6)15/h1-4,10,19H. The Balaban J connectivity index is 2.46. The first-order valence-electron chi connectivity index (χ1n) is 5.19. The molecular weight excluding hydrogens is 400 g/mol. The van der Waals surface area contributed by atoms with Gasteiger partial charge in [0.2, 0.25) is 0 Å². The lowest BCUT2D eigenvalue weighted by Crippen LogP contribution is -2.08. The molecule has 20 heavy (non-hydrogen) atoms. The van der Waals surface area contributed by atoms with E-state index in [1.165, 1.54) is 18.2 Å². The average Bonchev–Trinajstić information content (AvgIpc) is 2.66. The molecule has 1 aromatic heterocycles. The van der Waals surface area contributed by atoms with Gasteiger partial charge in [-0.3, -0.25) is 0 Å². The number of aliphatic hydroxyl groups excluding tert-OH is 1. The van der Waals surface area contributed by atoms with E-state index in [1.54, 1.807) is 0 Å². The van der Waals surface area contributed by atoms with E-state index in [9.17, 15) is 18.3 Å². The van der Waals surface area contributed by atoms with E-state index in [0.717, 1.165) is 17.4 Å². The van der Waals surface area contributed by atoms with Crippen LogP contribution in [0.2, 0.25) is 8.67 Å². The molecule has 0 bridgehead atoms. The van der Waals surface area contributed by atoms with E-state index < -0.39 is 17.8 Å². The number of benzene rings is 1. The van der Waals surface area contributed by atoms with Crippen molar-refractivity contribution in [1.29, 1.82) is 0 Å². The zero-order valence-corrected chi connectivity index (χ0v) is 13.4. The van der Waals surface area contributed by atoms with Gasteiger partial charge in [-0.05, 0) is 23.8 Å². The predicted molar refractivity (Wildman–Crippen MR) is 77.5 cm³/mol. The Bertz CT molecular complexity index is 642. The van der Waals surface area contributed by atoms with Crippen LogP contribution in [0.3, 0.4) is 0 Å². The van der Waals surface area contributed by atoms with Crippen LogP contribution in [0, 0.1) is 0 Å². The average molecular weight is 406 g/mol. The fourth-order valence-electron chi connectivity index (χ4n) is 1.65. The van der Waals surface area contributed by atoms with E-state index >= 15 is 0 Å². The van der Waals surface area contributed by atoms with Crippen molar-refractivity contribution >= 4 is 50.5 Å². The third-order valence-corrected chi connectivity index (χ3v) is 4.80. The third-order valence-electron chi connectivity index (χ3n) is 2.59. The summed E-state index contributed by atoms with van der Waals surface area (Å²) in [5.41, 5.74) is -0.472. The maximum atomic E-state index is 12.8. The molecule has 1 atom stereocenters. The maximum absolute atomic E-state index is 12.8. The minimum atomic E-state index is -4.51. The van der Waals surface area contributed by atoms with Gasteiger partial charge in [-0.25, -0.2) is 0 Å². The number of hydrogen-bond acceptors (Lipinski definition) is 2. The Morgan fingerprint density at radius 1 is 1.20 bits per heavy atom. The zero-order valence-electron chi connectivity index (χ0n) is 9.51. The normalized spacial score (nSPS) is 13.6. The molecule has 1 N–H and O–H groups in total.